The molecule has 10 aromatic carbocycles. The number of fused-ring (bicyclic) bond motifs is 12. The third-order valence-electron chi connectivity index (χ3n) is 15.9. The smallest absolute Gasteiger partial charge is 0.104 e. The summed E-state index contributed by atoms with van der Waals surface area (Å²) in [5.74, 6) is 0. The lowest BCUT2D eigenvalue weighted by Gasteiger charge is -2.37. The number of aryl methyl sites for hydroxylation is 3. The van der Waals surface area contributed by atoms with Crippen molar-refractivity contribution in [3.63, 3.8) is 0 Å². The van der Waals surface area contributed by atoms with Crippen LogP contribution < -0.4 is 4.90 Å². The van der Waals surface area contributed by atoms with Gasteiger partial charge >= 0.3 is 0 Å². The molecule has 3 heterocycles. The molecule has 0 saturated heterocycles. The molecule has 3 aromatic heterocycles. The summed E-state index contributed by atoms with van der Waals surface area (Å²) in [4.78, 5) is 2.51. The second kappa shape index (κ2) is 16.8. The summed E-state index contributed by atoms with van der Waals surface area (Å²) < 4.78 is 7.35. The van der Waals surface area contributed by atoms with Gasteiger partial charge in [-0.15, -0.1) is 0 Å². The second-order valence-electron chi connectivity index (χ2n) is 20.8. The summed E-state index contributed by atoms with van der Waals surface area (Å²) in [6.45, 7) is 15.5. The molecule has 0 aliphatic heterocycles. The van der Waals surface area contributed by atoms with E-state index >= 15 is 0 Å². The molecular formula is C70H53N5. The molecule has 0 amide bonds. The van der Waals surface area contributed by atoms with E-state index in [0.717, 1.165) is 117 Å². The highest BCUT2D eigenvalue weighted by Crippen LogP contribution is 2.57. The molecule has 75 heavy (non-hydrogen) atoms. The maximum absolute atomic E-state index is 12.9. The van der Waals surface area contributed by atoms with E-state index in [-0.39, 0.29) is 6.04 Å². The van der Waals surface area contributed by atoms with E-state index in [2.05, 4.69) is 260 Å². The molecular weight excluding hydrogens is 911 g/mol. The SMILES string of the molecule is C=Cc1ccccc1N(c1c(-c2cccc3c2-c2ccccc2C3)c(-n2c3ccccc3c3cc(C)ccc32)c(-n2c3ccccc3c3cc(C)ccc32)c(C#N)c1-n1c2ccccc2c2cc(C)ccc21)C(C)C. The Morgan fingerprint density at radius 2 is 0.920 bits per heavy atom. The summed E-state index contributed by atoms with van der Waals surface area (Å²) in [7, 11) is 0. The van der Waals surface area contributed by atoms with Gasteiger partial charge in [-0.1, -0.05) is 163 Å². The molecule has 0 radical (unpaired) electrons. The number of para-hydroxylation sites is 4. The number of hydrogen-bond donors (Lipinski definition) is 0. The van der Waals surface area contributed by atoms with E-state index in [1.54, 1.807) is 0 Å². The highest BCUT2D eigenvalue weighted by molar-refractivity contribution is 6.17. The third kappa shape index (κ3) is 6.43. The van der Waals surface area contributed by atoms with Crippen LogP contribution in [0.2, 0.25) is 0 Å². The van der Waals surface area contributed by atoms with E-state index in [9.17, 15) is 5.26 Å². The van der Waals surface area contributed by atoms with Crippen LogP contribution in [0, 0.1) is 32.1 Å². The number of nitrogens with zero attached hydrogens (tertiary/aromatic N) is 5. The predicted octanol–water partition coefficient (Wildman–Crippen LogP) is 18.2. The first kappa shape index (κ1) is 44.3. The maximum Gasteiger partial charge on any atom is 0.104 e. The molecule has 13 aromatic rings. The second-order valence-corrected chi connectivity index (χ2v) is 20.8. The van der Waals surface area contributed by atoms with Gasteiger partial charge in [-0.25, -0.2) is 0 Å². The Morgan fingerprint density at radius 1 is 0.467 bits per heavy atom. The first-order chi connectivity index (χ1) is 36.7. The van der Waals surface area contributed by atoms with Crippen molar-refractivity contribution >= 4 is 82.9 Å². The van der Waals surface area contributed by atoms with Crippen molar-refractivity contribution in [2.24, 2.45) is 0 Å². The van der Waals surface area contributed by atoms with Crippen LogP contribution in [0.25, 0.3) is 111 Å². The molecule has 1 aliphatic rings. The minimum Gasteiger partial charge on any atom is -0.336 e. The quantitative estimate of drug-likeness (QED) is 0.152. The van der Waals surface area contributed by atoms with Gasteiger partial charge in [0.05, 0.1) is 55.8 Å². The van der Waals surface area contributed by atoms with Crippen LogP contribution in [0.5, 0.6) is 0 Å². The van der Waals surface area contributed by atoms with Crippen molar-refractivity contribution in [2.75, 3.05) is 4.90 Å². The molecule has 0 N–H and O–H groups in total. The Labute approximate surface area is 436 Å². The molecule has 0 fully saturated rings. The maximum atomic E-state index is 12.9. The van der Waals surface area contributed by atoms with Crippen molar-refractivity contribution in [3.05, 3.63) is 240 Å². The van der Waals surface area contributed by atoms with Crippen LogP contribution in [0.4, 0.5) is 11.4 Å². The third-order valence-corrected chi connectivity index (χ3v) is 15.9. The summed E-state index contributed by atoms with van der Waals surface area (Å²) >= 11 is 0. The fraction of sp³-hybridized carbons (Fsp3) is 0.100. The normalized spacial score (nSPS) is 12.2. The zero-order valence-electron chi connectivity index (χ0n) is 42.8. The van der Waals surface area contributed by atoms with Gasteiger partial charge in [-0.2, -0.15) is 5.26 Å². The van der Waals surface area contributed by atoms with E-state index < -0.39 is 0 Å². The fourth-order valence-corrected chi connectivity index (χ4v) is 12.9. The van der Waals surface area contributed by atoms with Gasteiger partial charge in [0, 0.05) is 49.6 Å². The highest BCUT2D eigenvalue weighted by atomic mass is 15.2. The number of nitriles is 1. The van der Waals surface area contributed by atoms with Crippen LogP contribution >= 0.6 is 0 Å². The Hall–Kier alpha value is -9.37. The number of benzene rings is 10. The van der Waals surface area contributed by atoms with Gasteiger partial charge in [0.1, 0.15) is 11.6 Å². The molecule has 5 heteroatoms. The lowest BCUT2D eigenvalue weighted by Crippen LogP contribution is -2.29. The Balaban J connectivity index is 1.36. The van der Waals surface area contributed by atoms with Crippen molar-refractivity contribution in [1.82, 2.24) is 13.7 Å². The topological polar surface area (TPSA) is 41.8 Å². The summed E-state index contributed by atoms with van der Waals surface area (Å²) in [6, 6.07) is 74.2. The summed E-state index contributed by atoms with van der Waals surface area (Å²) in [6.07, 6.45) is 2.79. The Kier molecular flexibility index (Phi) is 9.96. The van der Waals surface area contributed by atoms with Crippen LogP contribution in [-0.4, -0.2) is 19.7 Å². The van der Waals surface area contributed by atoms with E-state index in [0.29, 0.717) is 5.56 Å². The average molecular weight is 964 g/mol. The van der Waals surface area contributed by atoms with E-state index in [1.165, 1.54) is 38.9 Å². The lowest BCUT2D eigenvalue weighted by atomic mass is 9.87. The van der Waals surface area contributed by atoms with Gasteiger partial charge in [-0.3, -0.25) is 0 Å². The van der Waals surface area contributed by atoms with Crippen molar-refractivity contribution in [2.45, 2.75) is 47.1 Å². The van der Waals surface area contributed by atoms with Crippen molar-refractivity contribution in [3.8, 4) is 45.4 Å². The standard InChI is InChI=1S/C70H53N5/c1-7-46-19-9-14-27-58(46)72(42(2)3)69-66(53-26-18-21-48-40-47-20-8-10-22-49(47)65(48)53)70(75-61-30-17-13-25-52(61)56-39-45(6)33-36-64(56)75)68(74-60-29-16-12-24-51(60)55-38-44(5)32-35-63(55)74)57(41-71)67(69)73-59-28-15-11-23-50(59)54-37-43(4)31-34-62(54)73/h7-39,42H,1,40H2,2-6H3. The number of rotatable bonds is 8. The van der Waals surface area contributed by atoms with E-state index in [4.69, 9.17) is 0 Å². The first-order valence-corrected chi connectivity index (χ1v) is 26.1. The summed E-state index contributed by atoms with van der Waals surface area (Å²) in [5, 5.41) is 19.7. The van der Waals surface area contributed by atoms with Crippen molar-refractivity contribution < 1.29 is 0 Å². The minimum atomic E-state index is -0.120. The van der Waals surface area contributed by atoms with Gasteiger partial charge in [0.2, 0.25) is 0 Å². The number of hydrogen-bond acceptors (Lipinski definition) is 2. The molecule has 14 rings (SSSR count). The minimum absolute atomic E-state index is 0.120. The van der Waals surface area contributed by atoms with E-state index in [1.807, 2.05) is 6.08 Å². The Bertz CT molecular complexity index is 4620. The monoisotopic (exact) mass is 963 g/mol. The lowest BCUT2D eigenvalue weighted by molar-refractivity contribution is 0.785. The molecule has 0 spiro atoms. The predicted molar refractivity (Wildman–Crippen MR) is 316 cm³/mol. The van der Waals surface area contributed by atoms with Crippen molar-refractivity contribution in [1.29, 1.82) is 5.26 Å². The van der Waals surface area contributed by atoms with Crippen LogP contribution in [0.1, 0.15) is 52.8 Å². The number of aromatic nitrogens is 3. The van der Waals surface area contributed by atoms with Gasteiger partial charge in [0.15, 0.2) is 0 Å². The zero-order valence-corrected chi connectivity index (χ0v) is 42.8. The van der Waals surface area contributed by atoms with Crippen LogP contribution in [-0.2, 0) is 6.42 Å². The molecule has 0 unspecified atom stereocenters. The van der Waals surface area contributed by atoms with Gasteiger partial charge in [0.25, 0.3) is 0 Å². The molecule has 358 valence electrons. The van der Waals surface area contributed by atoms with Gasteiger partial charge in [-0.05, 0) is 135 Å². The Morgan fingerprint density at radius 3 is 1.47 bits per heavy atom. The van der Waals surface area contributed by atoms with Crippen LogP contribution in [0.15, 0.2) is 201 Å². The van der Waals surface area contributed by atoms with Gasteiger partial charge < -0.3 is 18.6 Å². The van der Waals surface area contributed by atoms with Crippen LogP contribution in [0.3, 0.4) is 0 Å². The average Bonchev–Trinajstić information content (AvgIpc) is 4.29. The molecule has 0 bridgehead atoms. The first-order valence-electron chi connectivity index (χ1n) is 26.1. The molecule has 0 saturated carbocycles. The highest BCUT2D eigenvalue weighted by Gasteiger charge is 2.38. The molecule has 0 atom stereocenters. The molecule has 5 nitrogen and oxygen atoms in total. The number of anilines is 2. The molecule has 1 aliphatic carbocycles. The summed E-state index contributed by atoms with van der Waals surface area (Å²) in [5.41, 5.74) is 23.0. The zero-order chi connectivity index (χ0) is 50.8. The largest absolute Gasteiger partial charge is 0.336 e. The fourth-order valence-electron chi connectivity index (χ4n) is 12.9.